The zero-order valence-corrected chi connectivity index (χ0v) is 11.0. The van der Waals surface area contributed by atoms with Crippen molar-refractivity contribution in [2.24, 2.45) is 7.05 Å². The number of nitrogens with zero attached hydrogens (tertiary/aromatic N) is 4. The molecule has 5 nitrogen and oxygen atoms in total. The van der Waals surface area contributed by atoms with Crippen molar-refractivity contribution in [2.45, 2.75) is 13.5 Å². The van der Waals surface area contributed by atoms with Crippen LogP contribution in [0.15, 0.2) is 36.8 Å². The molecule has 0 radical (unpaired) electrons. The molecule has 0 aliphatic heterocycles. The van der Waals surface area contributed by atoms with Crippen molar-refractivity contribution in [2.75, 3.05) is 5.32 Å². The third-order valence-electron chi connectivity index (χ3n) is 3.11. The first-order valence-electron chi connectivity index (χ1n) is 6.16. The number of aromatic nitrogens is 4. The molecule has 0 amide bonds. The van der Waals surface area contributed by atoms with E-state index in [9.17, 15) is 0 Å². The van der Waals surface area contributed by atoms with Crippen molar-refractivity contribution >= 4 is 16.7 Å². The largest absolute Gasteiger partial charge is 0.380 e. The Balaban J connectivity index is 1.84. The van der Waals surface area contributed by atoms with Gasteiger partial charge in [0, 0.05) is 31.4 Å². The van der Waals surface area contributed by atoms with Gasteiger partial charge in [0.25, 0.3) is 0 Å². The molecule has 3 rings (SSSR count). The number of hydrogen-bond donors (Lipinski definition) is 1. The maximum absolute atomic E-state index is 4.44. The van der Waals surface area contributed by atoms with E-state index in [1.165, 1.54) is 5.56 Å². The van der Waals surface area contributed by atoms with Gasteiger partial charge in [-0.25, -0.2) is 4.98 Å². The fourth-order valence-corrected chi connectivity index (χ4v) is 2.11. The number of fused-ring (bicyclic) bond motifs is 1. The van der Waals surface area contributed by atoms with Gasteiger partial charge in [0.15, 0.2) is 5.65 Å². The van der Waals surface area contributed by atoms with E-state index in [0.29, 0.717) is 0 Å². The summed E-state index contributed by atoms with van der Waals surface area (Å²) in [5.41, 5.74) is 4.10. The van der Waals surface area contributed by atoms with E-state index in [2.05, 4.69) is 26.4 Å². The van der Waals surface area contributed by atoms with Crippen LogP contribution < -0.4 is 5.32 Å². The summed E-state index contributed by atoms with van der Waals surface area (Å²) in [5, 5.41) is 8.82. The molecule has 0 saturated carbocycles. The number of pyridine rings is 2. The van der Waals surface area contributed by atoms with Crippen LogP contribution in [0.1, 0.15) is 11.3 Å². The van der Waals surface area contributed by atoms with Crippen LogP contribution in [0, 0.1) is 6.92 Å². The van der Waals surface area contributed by atoms with Gasteiger partial charge in [-0.2, -0.15) is 5.10 Å². The molecule has 0 atom stereocenters. The second-order valence-electron chi connectivity index (χ2n) is 4.51. The summed E-state index contributed by atoms with van der Waals surface area (Å²) < 4.78 is 1.80. The highest BCUT2D eigenvalue weighted by Crippen LogP contribution is 2.19. The standard InChI is InChI=1S/C14H15N5/c1-10-13-7-12(9-17-14(13)19(2)18-10)16-8-11-3-5-15-6-4-11/h3-7,9,16H,8H2,1-2H3. The summed E-state index contributed by atoms with van der Waals surface area (Å²) in [6, 6.07) is 6.08. The van der Waals surface area contributed by atoms with E-state index >= 15 is 0 Å². The van der Waals surface area contributed by atoms with Crippen molar-refractivity contribution in [3.05, 3.63) is 48.0 Å². The van der Waals surface area contributed by atoms with Crippen molar-refractivity contribution in [3.63, 3.8) is 0 Å². The zero-order chi connectivity index (χ0) is 13.2. The third kappa shape index (κ3) is 2.27. The molecule has 0 spiro atoms. The molecule has 0 saturated heterocycles. The molecule has 0 unspecified atom stereocenters. The van der Waals surface area contributed by atoms with Gasteiger partial charge in [-0.05, 0) is 30.7 Å². The molecule has 5 heteroatoms. The molecule has 0 bridgehead atoms. The first kappa shape index (κ1) is 11.6. The van der Waals surface area contributed by atoms with Gasteiger partial charge >= 0.3 is 0 Å². The first-order valence-corrected chi connectivity index (χ1v) is 6.16. The first-order chi connectivity index (χ1) is 9.24. The Bertz CT molecular complexity index is 702. The lowest BCUT2D eigenvalue weighted by Gasteiger charge is -2.06. The molecule has 19 heavy (non-hydrogen) atoms. The van der Waals surface area contributed by atoms with Crippen LogP contribution in [0.25, 0.3) is 11.0 Å². The van der Waals surface area contributed by atoms with Gasteiger partial charge < -0.3 is 5.32 Å². The van der Waals surface area contributed by atoms with E-state index in [-0.39, 0.29) is 0 Å². The van der Waals surface area contributed by atoms with Gasteiger partial charge in [0.1, 0.15) is 0 Å². The summed E-state index contributed by atoms with van der Waals surface area (Å²) in [7, 11) is 1.91. The molecule has 1 N–H and O–H groups in total. The Morgan fingerprint density at radius 1 is 1.26 bits per heavy atom. The molecule has 0 aromatic carbocycles. The SMILES string of the molecule is Cc1nn(C)c2ncc(NCc3ccncc3)cc12. The highest BCUT2D eigenvalue weighted by molar-refractivity contribution is 5.81. The zero-order valence-electron chi connectivity index (χ0n) is 11.0. The molecule has 0 aliphatic rings. The summed E-state index contributed by atoms with van der Waals surface area (Å²) in [6.45, 7) is 2.76. The maximum atomic E-state index is 4.44. The minimum absolute atomic E-state index is 0.759. The lowest BCUT2D eigenvalue weighted by molar-refractivity contribution is 0.774. The normalized spacial score (nSPS) is 10.8. The fourth-order valence-electron chi connectivity index (χ4n) is 2.11. The lowest BCUT2D eigenvalue weighted by Crippen LogP contribution is -2.00. The van der Waals surface area contributed by atoms with Gasteiger partial charge in [-0.3, -0.25) is 9.67 Å². The van der Waals surface area contributed by atoms with Gasteiger partial charge in [0.05, 0.1) is 17.6 Å². The van der Waals surface area contributed by atoms with Crippen LogP contribution in [-0.4, -0.2) is 19.7 Å². The number of anilines is 1. The second kappa shape index (κ2) is 4.68. The fraction of sp³-hybridized carbons (Fsp3) is 0.214. The molecular formula is C14H15N5. The minimum atomic E-state index is 0.759. The highest BCUT2D eigenvalue weighted by Gasteiger charge is 2.06. The second-order valence-corrected chi connectivity index (χ2v) is 4.51. The predicted octanol–water partition coefficient (Wildman–Crippen LogP) is 2.28. The van der Waals surface area contributed by atoms with Crippen molar-refractivity contribution in [3.8, 4) is 0 Å². The smallest absolute Gasteiger partial charge is 0.157 e. The average Bonchev–Trinajstić information content (AvgIpc) is 2.73. The number of nitrogens with one attached hydrogen (secondary N) is 1. The molecule has 3 heterocycles. The van der Waals surface area contributed by atoms with Crippen LogP contribution in [0.5, 0.6) is 0 Å². The van der Waals surface area contributed by atoms with Crippen LogP contribution >= 0.6 is 0 Å². The van der Waals surface area contributed by atoms with E-state index in [1.54, 1.807) is 17.1 Å². The van der Waals surface area contributed by atoms with Gasteiger partial charge in [-0.15, -0.1) is 0 Å². The summed E-state index contributed by atoms with van der Waals surface area (Å²) in [5.74, 6) is 0. The number of rotatable bonds is 3. The van der Waals surface area contributed by atoms with Crippen LogP contribution in [0.2, 0.25) is 0 Å². The highest BCUT2D eigenvalue weighted by atomic mass is 15.3. The van der Waals surface area contributed by atoms with Crippen molar-refractivity contribution < 1.29 is 0 Å². The number of aryl methyl sites for hydroxylation is 2. The van der Waals surface area contributed by atoms with Gasteiger partial charge in [0.2, 0.25) is 0 Å². The third-order valence-corrected chi connectivity index (χ3v) is 3.11. The van der Waals surface area contributed by atoms with E-state index in [4.69, 9.17) is 0 Å². The van der Waals surface area contributed by atoms with Crippen molar-refractivity contribution in [1.82, 2.24) is 19.7 Å². The molecular weight excluding hydrogens is 238 g/mol. The monoisotopic (exact) mass is 253 g/mol. The molecule has 0 fully saturated rings. The van der Waals surface area contributed by atoms with Crippen LogP contribution in [0.4, 0.5) is 5.69 Å². The van der Waals surface area contributed by atoms with Crippen LogP contribution in [0.3, 0.4) is 0 Å². The Morgan fingerprint density at radius 2 is 2.05 bits per heavy atom. The molecule has 3 aromatic rings. The number of hydrogen-bond acceptors (Lipinski definition) is 4. The van der Waals surface area contributed by atoms with E-state index < -0.39 is 0 Å². The quantitative estimate of drug-likeness (QED) is 0.778. The Labute approximate surface area is 111 Å². The summed E-state index contributed by atoms with van der Waals surface area (Å²) in [6.07, 6.45) is 5.43. The van der Waals surface area contributed by atoms with E-state index in [1.807, 2.05) is 32.3 Å². The molecule has 3 aromatic heterocycles. The predicted molar refractivity (Wildman–Crippen MR) is 74.8 cm³/mol. The Kier molecular flexibility index (Phi) is 2.87. The Hall–Kier alpha value is -2.43. The van der Waals surface area contributed by atoms with Crippen molar-refractivity contribution in [1.29, 1.82) is 0 Å². The minimum Gasteiger partial charge on any atom is -0.380 e. The molecule has 0 aliphatic carbocycles. The van der Waals surface area contributed by atoms with Gasteiger partial charge in [-0.1, -0.05) is 0 Å². The Morgan fingerprint density at radius 3 is 2.84 bits per heavy atom. The summed E-state index contributed by atoms with van der Waals surface area (Å²) in [4.78, 5) is 8.44. The lowest BCUT2D eigenvalue weighted by atomic mass is 10.2. The summed E-state index contributed by atoms with van der Waals surface area (Å²) >= 11 is 0. The van der Waals surface area contributed by atoms with E-state index in [0.717, 1.165) is 29.0 Å². The average molecular weight is 253 g/mol. The van der Waals surface area contributed by atoms with Crippen LogP contribution in [-0.2, 0) is 13.6 Å². The molecule has 96 valence electrons. The topological polar surface area (TPSA) is 55.6 Å². The maximum Gasteiger partial charge on any atom is 0.157 e.